The van der Waals surface area contributed by atoms with Gasteiger partial charge in [-0.15, -0.1) is 0 Å². The molecular weight excluding hydrogens is 317 g/mol. The quantitative estimate of drug-likeness (QED) is 0.877. The predicted octanol–water partition coefficient (Wildman–Crippen LogP) is 4.32. The second-order valence-corrected chi connectivity index (χ2v) is 5.63. The molecule has 1 aromatic heterocycles. The molecule has 0 aliphatic rings. The van der Waals surface area contributed by atoms with E-state index >= 15 is 0 Å². The molecule has 6 heteroatoms. The van der Waals surface area contributed by atoms with Crippen LogP contribution in [0, 0.1) is 0 Å². The number of anilines is 1. The van der Waals surface area contributed by atoms with Gasteiger partial charge in [0.2, 0.25) is 0 Å². The molecular formula is C14H14Cl3N3. The highest BCUT2D eigenvalue weighted by Gasteiger charge is 2.18. The van der Waals surface area contributed by atoms with Crippen LogP contribution in [0.3, 0.4) is 0 Å². The molecule has 0 fully saturated rings. The first kappa shape index (κ1) is 15.4. The van der Waals surface area contributed by atoms with E-state index in [-0.39, 0.29) is 6.04 Å². The number of nitrogens with two attached hydrogens (primary N) is 1. The lowest BCUT2D eigenvalue weighted by Crippen LogP contribution is -2.23. The van der Waals surface area contributed by atoms with Gasteiger partial charge in [0.05, 0.1) is 11.1 Å². The van der Waals surface area contributed by atoms with E-state index in [1.165, 1.54) is 6.20 Å². The smallest absolute Gasteiger partial charge is 0.128 e. The Morgan fingerprint density at radius 2 is 1.75 bits per heavy atom. The molecule has 3 N–H and O–H groups in total. The van der Waals surface area contributed by atoms with E-state index in [1.807, 2.05) is 19.1 Å². The minimum atomic E-state index is -0.164. The van der Waals surface area contributed by atoms with Gasteiger partial charge in [0.25, 0.3) is 0 Å². The van der Waals surface area contributed by atoms with Crippen LogP contribution in [0.15, 0.2) is 30.5 Å². The predicted molar refractivity (Wildman–Crippen MR) is 85.6 cm³/mol. The highest BCUT2D eigenvalue weighted by Crippen LogP contribution is 2.31. The molecule has 2 aromatic rings. The van der Waals surface area contributed by atoms with E-state index in [1.54, 1.807) is 12.1 Å². The number of nitrogens with one attached hydrogen (secondary N) is 1. The summed E-state index contributed by atoms with van der Waals surface area (Å²) in [6.45, 7) is 2.76. The first-order valence-corrected chi connectivity index (χ1v) is 7.25. The first-order valence-electron chi connectivity index (χ1n) is 6.11. The number of aromatic nitrogens is 1. The maximum Gasteiger partial charge on any atom is 0.128 e. The van der Waals surface area contributed by atoms with Crippen LogP contribution in [0.4, 0.5) is 5.82 Å². The highest BCUT2D eigenvalue weighted by molar-refractivity contribution is 6.34. The highest BCUT2D eigenvalue weighted by atomic mass is 35.5. The van der Waals surface area contributed by atoms with Gasteiger partial charge in [-0.1, -0.05) is 41.7 Å². The summed E-state index contributed by atoms with van der Waals surface area (Å²) in [5.41, 5.74) is 7.68. The van der Waals surface area contributed by atoms with Crippen molar-refractivity contribution in [2.24, 2.45) is 0 Å². The fraction of sp³-hybridized carbons (Fsp3) is 0.214. The SMILES string of the molecule is CCNC(c1cc(Cl)cc(Cl)c1)c1cc(Cl)cnc1N. The second kappa shape index (κ2) is 6.64. The second-order valence-electron chi connectivity index (χ2n) is 4.32. The largest absolute Gasteiger partial charge is 0.383 e. The van der Waals surface area contributed by atoms with E-state index in [0.29, 0.717) is 20.9 Å². The number of hydrogen-bond acceptors (Lipinski definition) is 3. The zero-order valence-electron chi connectivity index (χ0n) is 10.8. The van der Waals surface area contributed by atoms with Gasteiger partial charge in [-0.25, -0.2) is 4.98 Å². The lowest BCUT2D eigenvalue weighted by atomic mass is 9.99. The van der Waals surface area contributed by atoms with Gasteiger partial charge in [0.1, 0.15) is 5.82 Å². The summed E-state index contributed by atoms with van der Waals surface area (Å²) in [5.74, 6) is 0.427. The minimum Gasteiger partial charge on any atom is -0.383 e. The fourth-order valence-corrected chi connectivity index (χ4v) is 2.76. The summed E-state index contributed by atoms with van der Waals surface area (Å²) >= 11 is 18.1. The molecule has 0 radical (unpaired) electrons. The zero-order chi connectivity index (χ0) is 14.7. The standard InChI is InChI=1S/C14H14Cl3N3/c1-2-19-13(8-3-9(15)5-10(16)4-8)12-6-11(17)7-20-14(12)18/h3-7,13,19H,2H2,1H3,(H2,18,20). The fourth-order valence-electron chi connectivity index (χ4n) is 2.05. The average Bonchev–Trinajstić information content (AvgIpc) is 2.38. The Morgan fingerprint density at radius 3 is 2.35 bits per heavy atom. The third-order valence-corrected chi connectivity index (χ3v) is 3.50. The van der Waals surface area contributed by atoms with Gasteiger partial charge in [-0.2, -0.15) is 0 Å². The van der Waals surface area contributed by atoms with Gasteiger partial charge in [0.15, 0.2) is 0 Å². The van der Waals surface area contributed by atoms with Crippen molar-refractivity contribution >= 4 is 40.6 Å². The normalized spacial score (nSPS) is 12.4. The molecule has 0 saturated heterocycles. The van der Waals surface area contributed by atoms with E-state index in [0.717, 1.165) is 17.7 Å². The molecule has 0 aliphatic carbocycles. The van der Waals surface area contributed by atoms with E-state index in [2.05, 4.69) is 10.3 Å². The summed E-state index contributed by atoms with van der Waals surface area (Å²) < 4.78 is 0. The number of nitrogens with zero attached hydrogens (tertiary/aromatic N) is 1. The molecule has 0 spiro atoms. The Bertz CT molecular complexity index is 596. The van der Waals surface area contributed by atoms with Gasteiger partial charge in [0, 0.05) is 21.8 Å². The monoisotopic (exact) mass is 329 g/mol. The summed E-state index contributed by atoms with van der Waals surface area (Å²) in [7, 11) is 0. The first-order chi connectivity index (χ1) is 9.51. The Balaban J connectivity index is 2.52. The van der Waals surface area contributed by atoms with Crippen LogP contribution < -0.4 is 11.1 Å². The van der Waals surface area contributed by atoms with Crippen molar-refractivity contribution in [1.82, 2.24) is 10.3 Å². The van der Waals surface area contributed by atoms with Gasteiger partial charge in [-0.3, -0.25) is 0 Å². The molecule has 20 heavy (non-hydrogen) atoms. The van der Waals surface area contributed by atoms with E-state index in [4.69, 9.17) is 40.5 Å². The molecule has 0 bridgehead atoms. The van der Waals surface area contributed by atoms with Crippen molar-refractivity contribution in [2.45, 2.75) is 13.0 Å². The summed E-state index contributed by atoms with van der Waals surface area (Å²) in [6.07, 6.45) is 1.52. The Labute approximate surface area is 133 Å². The molecule has 1 unspecified atom stereocenters. The molecule has 1 aromatic carbocycles. The van der Waals surface area contributed by atoms with Crippen molar-refractivity contribution < 1.29 is 0 Å². The van der Waals surface area contributed by atoms with Gasteiger partial charge in [-0.05, 0) is 36.4 Å². The number of rotatable bonds is 4. The van der Waals surface area contributed by atoms with Crippen molar-refractivity contribution in [3.63, 3.8) is 0 Å². The number of hydrogen-bond donors (Lipinski definition) is 2. The molecule has 3 nitrogen and oxygen atoms in total. The summed E-state index contributed by atoms with van der Waals surface area (Å²) in [5, 5.41) is 5.02. The topological polar surface area (TPSA) is 50.9 Å². The van der Waals surface area contributed by atoms with Crippen LogP contribution in [-0.2, 0) is 0 Å². The van der Waals surface area contributed by atoms with Crippen molar-refractivity contribution in [3.05, 3.63) is 56.7 Å². The van der Waals surface area contributed by atoms with Crippen LogP contribution in [-0.4, -0.2) is 11.5 Å². The molecule has 0 saturated carbocycles. The Kier molecular flexibility index (Phi) is 5.11. The zero-order valence-corrected chi connectivity index (χ0v) is 13.1. The minimum absolute atomic E-state index is 0.164. The Hall–Kier alpha value is -1.00. The van der Waals surface area contributed by atoms with Crippen LogP contribution in [0.25, 0.3) is 0 Å². The maximum absolute atomic E-state index is 6.07. The molecule has 106 valence electrons. The molecule has 1 heterocycles. The number of halogens is 3. The van der Waals surface area contributed by atoms with Crippen molar-refractivity contribution in [1.29, 1.82) is 0 Å². The number of pyridine rings is 1. The number of benzene rings is 1. The third-order valence-electron chi connectivity index (χ3n) is 2.85. The summed E-state index contributed by atoms with van der Waals surface area (Å²) in [6, 6.07) is 7.02. The average molecular weight is 331 g/mol. The van der Waals surface area contributed by atoms with Crippen LogP contribution in [0.5, 0.6) is 0 Å². The van der Waals surface area contributed by atoms with Crippen LogP contribution >= 0.6 is 34.8 Å². The van der Waals surface area contributed by atoms with Crippen molar-refractivity contribution in [3.8, 4) is 0 Å². The molecule has 0 amide bonds. The van der Waals surface area contributed by atoms with Crippen LogP contribution in [0.2, 0.25) is 15.1 Å². The third kappa shape index (κ3) is 3.55. The van der Waals surface area contributed by atoms with E-state index < -0.39 is 0 Å². The summed E-state index contributed by atoms with van der Waals surface area (Å²) in [4.78, 5) is 4.09. The lowest BCUT2D eigenvalue weighted by Gasteiger charge is -2.20. The van der Waals surface area contributed by atoms with Crippen molar-refractivity contribution in [2.75, 3.05) is 12.3 Å². The Morgan fingerprint density at radius 1 is 1.10 bits per heavy atom. The maximum atomic E-state index is 6.07. The number of nitrogen functional groups attached to an aromatic ring is 1. The lowest BCUT2D eigenvalue weighted by molar-refractivity contribution is 0.630. The molecule has 1 atom stereocenters. The molecule has 2 rings (SSSR count). The van der Waals surface area contributed by atoms with Gasteiger partial charge < -0.3 is 11.1 Å². The van der Waals surface area contributed by atoms with Gasteiger partial charge >= 0.3 is 0 Å². The van der Waals surface area contributed by atoms with Crippen LogP contribution in [0.1, 0.15) is 24.1 Å². The molecule has 0 aliphatic heterocycles. The van der Waals surface area contributed by atoms with E-state index in [9.17, 15) is 0 Å².